The largest absolute Gasteiger partial charge is 0.310 e. The number of anilines is 6. The lowest BCUT2D eigenvalue weighted by Gasteiger charge is -2.28. The molecule has 2 aliphatic carbocycles. The van der Waals surface area contributed by atoms with Gasteiger partial charge < -0.3 is 9.80 Å². The van der Waals surface area contributed by atoms with Gasteiger partial charge in [0.15, 0.2) is 0 Å². The maximum Gasteiger partial charge on any atom is 0.100 e. The number of nitrogens with zero attached hydrogens (tertiary/aromatic N) is 4. The molecule has 0 unspecified atom stereocenters. The maximum absolute atomic E-state index is 11.1. The Labute approximate surface area is 362 Å². The molecule has 9 aromatic rings. The molecule has 0 aromatic heterocycles. The second-order valence-electron chi connectivity index (χ2n) is 17.6. The van der Waals surface area contributed by atoms with Crippen LogP contribution in [-0.2, 0) is 10.8 Å². The molecule has 0 saturated heterocycles. The van der Waals surface area contributed by atoms with Gasteiger partial charge in [0.1, 0.15) is 12.1 Å². The van der Waals surface area contributed by atoms with E-state index in [9.17, 15) is 10.5 Å². The molecule has 0 amide bonds. The predicted octanol–water partition coefficient (Wildman–Crippen LogP) is 15.3. The summed E-state index contributed by atoms with van der Waals surface area (Å²) in [7, 11) is 0. The predicted molar refractivity (Wildman–Crippen MR) is 255 cm³/mol. The van der Waals surface area contributed by atoms with Gasteiger partial charge in [0.2, 0.25) is 0 Å². The zero-order valence-corrected chi connectivity index (χ0v) is 35.1. The Bertz CT molecular complexity index is 3050. The van der Waals surface area contributed by atoms with Crippen molar-refractivity contribution in [3.05, 3.63) is 215 Å². The van der Waals surface area contributed by atoms with Crippen LogP contribution < -0.4 is 9.80 Å². The lowest BCUT2D eigenvalue weighted by molar-refractivity contribution is 0.661. The van der Waals surface area contributed by atoms with Gasteiger partial charge in [-0.15, -0.1) is 0 Å². The van der Waals surface area contributed by atoms with E-state index in [4.69, 9.17) is 0 Å². The molecule has 0 spiro atoms. The van der Waals surface area contributed by atoms with Crippen LogP contribution in [0, 0.1) is 22.7 Å². The number of nitriles is 2. The molecular weight excluding hydrogens is 753 g/mol. The van der Waals surface area contributed by atoms with Gasteiger partial charge in [-0.3, -0.25) is 0 Å². The fourth-order valence-electron chi connectivity index (χ4n) is 10.4. The third kappa shape index (κ3) is 5.44. The molecule has 0 saturated carbocycles. The zero-order valence-electron chi connectivity index (χ0n) is 35.1. The van der Waals surface area contributed by atoms with E-state index in [0.29, 0.717) is 11.1 Å². The first-order valence-corrected chi connectivity index (χ1v) is 21.2. The van der Waals surface area contributed by atoms with Gasteiger partial charge in [-0.25, -0.2) is 0 Å². The highest BCUT2D eigenvalue weighted by Gasteiger charge is 2.39. The van der Waals surface area contributed by atoms with Crippen molar-refractivity contribution in [1.82, 2.24) is 0 Å². The standard InChI is InChI=1S/C58H42N4/c1-57(2)53-29-41(61(37-17-9-5-10-18-37)38-19-11-6-12-20-38)25-27-43(53)49-31-45-47(33-55(49)57)51(35-59)46-32-50-44-28-26-42(30-54(44)58(3,4)56(50)34-48(46)52(45)36-60)62(39-21-13-7-14-22-39)40-23-15-8-16-24-40/h5-34H,1-4H3. The Morgan fingerprint density at radius 2 is 0.613 bits per heavy atom. The van der Waals surface area contributed by atoms with Crippen LogP contribution >= 0.6 is 0 Å². The van der Waals surface area contributed by atoms with Gasteiger partial charge in [-0.1, -0.05) is 113 Å². The molecule has 4 heteroatoms. The lowest BCUT2D eigenvalue weighted by Crippen LogP contribution is -2.17. The average molecular weight is 795 g/mol. The summed E-state index contributed by atoms with van der Waals surface area (Å²) in [6, 6.07) is 69.5. The van der Waals surface area contributed by atoms with Gasteiger partial charge in [0, 0.05) is 66.5 Å². The van der Waals surface area contributed by atoms with E-state index in [-0.39, 0.29) is 10.8 Å². The molecule has 2 aliphatic rings. The minimum absolute atomic E-state index is 0.367. The monoisotopic (exact) mass is 794 g/mol. The quantitative estimate of drug-likeness (QED) is 0.157. The molecule has 11 rings (SSSR count). The van der Waals surface area contributed by atoms with Crippen LogP contribution in [0.4, 0.5) is 34.1 Å². The number of rotatable bonds is 6. The summed E-state index contributed by atoms with van der Waals surface area (Å²) in [6.45, 7) is 9.10. The molecule has 0 radical (unpaired) electrons. The first kappa shape index (κ1) is 37.1. The average Bonchev–Trinajstić information content (AvgIpc) is 3.66. The topological polar surface area (TPSA) is 54.1 Å². The Kier molecular flexibility index (Phi) is 8.27. The molecule has 0 aliphatic heterocycles. The summed E-state index contributed by atoms with van der Waals surface area (Å²) in [4.78, 5) is 4.60. The third-order valence-corrected chi connectivity index (χ3v) is 13.5. The minimum atomic E-state index is -0.367. The van der Waals surface area contributed by atoms with Gasteiger partial charge in [-0.05, 0) is 142 Å². The van der Waals surface area contributed by atoms with Crippen molar-refractivity contribution in [2.75, 3.05) is 9.80 Å². The highest BCUT2D eigenvalue weighted by atomic mass is 15.1. The molecule has 62 heavy (non-hydrogen) atoms. The van der Waals surface area contributed by atoms with E-state index in [1.807, 2.05) is 24.3 Å². The minimum Gasteiger partial charge on any atom is -0.310 e. The van der Waals surface area contributed by atoms with Crippen molar-refractivity contribution in [1.29, 1.82) is 10.5 Å². The van der Waals surface area contributed by atoms with E-state index in [2.05, 4.69) is 207 Å². The van der Waals surface area contributed by atoms with Crippen LogP contribution in [-0.4, -0.2) is 0 Å². The van der Waals surface area contributed by atoms with E-state index in [0.717, 1.165) is 89.0 Å². The molecule has 4 nitrogen and oxygen atoms in total. The molecule has 0 N–H and O–H groups in total. The number of hydrogen-bond acceptors (Lipinski definition) is 4. The lowest BCUT2D eigenvalue weighted by atomic mass is 9.79. The fourth-order valence-corrected chi connectivity index (χ4v) is 10.4. The van der Waals surface area contributed by atoms with Crippen LogP contribution in [0.25, 0.3) is 43.8 Å². The van der Waals surface area contributed by atoms with Crippen molar-refractivity contribution in [3.8, 4) is 34.4 Å². The third-order valence-electron chi connectivity index (χ3n) is 13.5. The van der Waals surface area contributed by atoms with Crippen LogP contribution in [0.5, 0.6) is 0 Å². The molecular formula is C58H42N4. The number of hydrogen-bond donors (Lipinski definition) is 0. The highest BCUT2D eigenvalue weighted by molar-refractivity contribution is 6.13. The summed E-state index contributed by atoms with van der Waals surface area (Å²) >= 11 is 0. The molecule has 0 atom stereocenters. The second-order valence-corrected chi connectivity index (χ2v) is 17.6. The second kappa shape index (κ2) is 13.8. The molecule has 0 bridgehead atoms. The molecule has 294 valence electrons. The van der Waals surface area contributed by atoms with E-state index in [1.54, 1.807) is 0 Å². The van der Waals surface area contributed by atoms with Gasteiger partial charge in [0.05, 0.1) is 11.1 Å². The van der Waals surface area contributed by atoms with Crippen LogP contribution in [0.1, 0.15) is 61.1 Å². The number of fused-ring (bicyclic) bond motifs is 8. The Morgan fingerprint density at radius 3 is 0.919 bits per heavy atom. The summed E-state index contributed by atoms with van der Waals surface area (Å²) in [6.07, 6.45) is 0. The smallest absolute Gasteiger partial charge is 0.100 e. The van der Waals surface area contributed by atoms with Crippen molar-refractivity contribution in [2.24, 2.45) is 0 Å². The highest BCUT2D eigenvalue weighted by Crippen LogP contribution is 2.55. The Balaban J connectivity index is 1.07. The first-order chi connectivity index (χ1) is 30.2. The van der Waals surface area contributed by atoms with E-state index >= 15 is 0 Å². The van der Waals surface area contributed by atoms with Crippen molar-refractivity contribution in [2.45, 2.75) is 38.5 Å². The summed E-state index contributed by atoms with van der Waals surface area (Å²) < 4.78 is 0. The fraction of sp³-hybridized carbons (Fsp3) is 0.103. The van der Waals surface area contributed by atoms with Crippen LogP contribution in [0.3, 0.4) is 0 Å². The van der Waals surface area contributed by atoms with Crippen molar-refractivity contribution < 1.29 is 0 Å². The zero-order chi connectivity index (χ0) is 42.3. The van der Waals surface area contributed by atoms with Crippen LogP contribution in [0.15, 0.2) is 182 Å². The molecule has 0 fully saturated rings. The first-order valence-electron chi connectivity index (χ1n) is 21.2. The van der Waals surface area contributed by atoms with Crippen molar-refractivity contribution >= 4 is 55.7 Å². The number of para-hydroxylation sites is 4. The molecule has 0 heterocycles. The molecule has 9 aromatic carbocycles. The SMILES string of the molecule is CC1(C)c2cc(N(c3ccccc3)c3ccccc3)ccc2-c2cc3c(C#N)c4cc5c(cc4c(C#N)c3cc21)-c1ccc(N(c2ccccc2)c2ccccc2)cc1C5(C)C. The Hall–Kier alpha value is -7.92. The summed E-state index contributed by atoms with van der Waals surface area (Å²) in [5.41, 5.74) is 16.2. The van der Waals surface area contributed by atoms with E-state index in [1.165, 1.54) is 11.1 Å². The Morgan fingerprint density at radius 1 is 0.323 bits per heavy atom. The van der Waals surface area contributed by atoms with Crippen molar-refractivity contribution in [3.63, 3.8) is 0 Å². The van der Waals surface area contributed by atoms with Gasteiger partial charge in [-0.2, -0.15) is 10.5 Å². The van der Waals surface area contributed by atoms with Gasteiger partial charge >= 0.3 is 0 Å². The van der Waals surface area contributed by atoms with E-state index < -0.39 is 0 Å². The summed E-state index contributed by atoms with van der Waals surface area (Å²) in [5.74, 6) is 0. The van der Waals surface area contributed by atoms with Crippen LogP contribution in [0.2, 0.25) is 0 Å². The maximum atomic E-state index is 11.1. The summed E-state index contributed by atoms with van der Waals surface area (Å²) in [5, 5.41) is 25.4. The number of benzene rings is 9. The van der Waals surface area contributed by atoms with Gasteiger partial charge in [0.25, 0.3) is 0 Å². The normalized spacial score (nSPS) is 13.7.